The lowest BCUT2D eigenvalue weighted by Gasteiger charge is -2.29. The highest BCUT2D eigenvalue weighted by Crippen LogP contribution is 2.37. The van der Waals surface area contributed by atoms with Gasteiger partial charge in [-0.3, -0.25) is 9.59 Å². The summed E-state index contributed by atoms with van der Waals surface area (Å²) in [6, 6.07) is 0. The summed E-state index contributed by atoms with van der Waals surface area (Å²) in [5.74, 6) is -11.3. The number of carboxylic acids is 2. The average molecular weight is 386 g/mol. The van der Waals surface area contributed by atoms with Crippen LogP contribution in [0.25, 0.3) is 0 Å². The zero-order valence-electron chi connectivity index (χ0n) is 11.5. The van der Waals surface area contributed by atoms with Gasteiger partial charge in [0.15, 0.2) is 0 Å². The summed E-state index contributed by atoms with van der Waals surface area (Å²) in [7, 11) is 0. The van der Waals surface area contributed by atoms with E-state index >= 15 is 0 Å². The summed E-state index contributed by atoms with van der Waals surface area (Å²) in [6.07, 6.45) is -17.1. The number of esters is 2. The van der Waals surface area contributed by atoms with E-state index in [9.17, 15) is 45.5 Å². The second-order valence-corrected chi connectivity index (χ2v) is 4.53. The Kier molecular flexibility index (Phi) is 6.17. The van der Waals surface area contributed by atoms with E-state index in [-0.39, 0.29) is 0 Å². The van der Waals surface area contributed by atoms with Crippen molar-refractivity contribution in [2.75, 3.05) is 0 Å². The molecule has 0 aliphatic carbocycles. The normalized spacial score (nSPS) is 17.1. The number of hydrogen-bond acceptors (Lipinski definition) is 7. The van der Waals surface area contributed by atoms with E-state index in [4.69, 9.17) is 20.4 Å². The van der Waals surface area contributed by atoms with E-state index in [1.54, 1.807) is 0 Å². The molecule has 0 aromatic heterocycles. The van der Waals surface area contributed by atoms with Crippen molar-refractivity contribution in [3.05, 3.63) is 0 Å². The van der Waals surface area contributed by atoms with Crippen LogP contribution in [0.1, 0.15) is 12.8 Å². The molecule has 0 amide bonds. The van der Waals surface area contributed by atoms with Crippen molar-refractivity contribution >= 4 is 23.9 Å². The third kappa shape index (κ3) is 4.79. The van der Waals surface area contributed by atoms with Gasteiger partial charge in [0, 0.05) is 0 Å². The molecule has 0 fully saturated rings. The Hall–Kier alpha value is -2.42. The van der Waals surface area contributed by atoms with Gasteiger partial charge in [-0.1, -0.05) is 0 Å². The summed E-state index contributed by atoms with van der Waals surface area (Å²) >= 11 is 0. The fourth-order valence-corrected chi connectivity index (χ4v) is 1.27. The topological polar surface area (TPSA) is 158 Å². The zero-order valence-corrected chi connectivity index (χ0v) is 11.5. The van der Waals surface area contributed by atoms with E-state index in [2.05, 4.69) is 4.74 Å². The maximum atomic E-state index is 12.6. The van der Waals surface area contributed by atoms with Crippen molar-refractivity contribution in [2.24, 2.45) is 0 Å². The quantitative estimate of drug-likeness (QED) is 0.270. The molecule has 4 N–H and O–H groups in total. The van der Waals surface area contributed by atoms with Crippen molar-refractivity contribution in [3.8, 4) is 0 Å². The maximum Gasteiger partial charge on any atom is 0.428 e. The van der Waals surface area contributed by atoms with Gasteiger partial charge in [-0.25, -0.2) is 9.59 Å². The van der Waals surface area contributed by atoms with E-state index in [1.807, 2.05) is 0 Å². The van der Waals surface area contributed by atoms with E-state index < -0.39 is 60.3 Å². The maximum absolute atomic E-state index is 12.6. The molecule has 2 unspecified atom stereocenters. The lowest BCUT2D eigenvalue weighted by atomic mass is 9.97. The van der Waals surface area contributed by atoms with Crippen LogP contribution in [0.3, 0.4) is 0 Å². The third-order valence-electron chi connectivity index (χ3n) is 2.61. The minimum atomic E-state index is -6.09. The number of halogens is 6. The molecule has 0 aliphatic heterocycles. The minimum Gasteiger partial charge on any atom is -0.481 e. The molecule has 0 radical (unpaired) electrons. The molecule has 0 aliphatic rings. The van der Waals surface area contributed by atoms with Crippen molar-refractivity contribution < 1.29 is 70.7 Å². The minimum absolute atomic E-state index is 2.44. The number of carboxylic acid groups (broad SMARTS) is 2. The van der Waals surface area contributed by atoms with Gasteiger partial charge in [-0.2, -0.15) is 26.3 Å². The summed E-state index contributed by atoms with van der Waals surface area (Å²) < 4.78 is 78.7. The van der Waals surface area contributed by atoms with Gasteiger partial charge in [0.2, 0.25) is 0 Å². The number of aliphatic hydroxyl groups is 2. The van der Waals surface area contributed by atoms with Crippen LogP contribution in [-0.2, 0) is 23.9 Å². The SMILES string of the molecule is O=C(O)CC(O)(C(=O)OC(=O)C(O)(CC(=O)O)C(F)(F)F)C(F)(F)F. The Morgan fingerprint density at radius 2 is 0.920 bits per heavy atom. The van der Waals surface area contributed by atoms with E-state index in [0.29, 0.717) is 0 Å². The first-order valence-corrected chi connectivity index (χ1v) is 5.67. The molecule has 0 saturated carbocycles. The Morgan fingerprint density at radius 3 is 1.08 bits per heavy atom. The van der Waals surface area contributed by atoms with Crippen LogP contribution < -0.4 is 0 Å². The summed E-state index contributed by atoms with van der Waals surface area (Å²) in [4.78, 5) is 43.0. The van der Waals surface area contributed by atoms with E-state index in [1.165, 1.54) is 0 Å². The molecule has 25 heavy (non-hydrogen) atoms. The first-order valence-electron chi connectivity index (χ1n) is 5.67. The average Bonchev–Trinajstić information content (AvgIpc) is 2.33. The second kappa shape index (κ2) is 6.83. The Labute approximate surface area is 132 Å². The van der Waals surface area contributed by atoms with Crippen molar-refractivity contribution in [1.29, 1.82) is 0 Å². The molecule has 9 nitrogen and oxygen atoms in total. The van der Waals surface area contributed by atoms with Gasteiger partial charge in [-0.15, -0.1) is 0 Å². The van der Waals surface area contributed by atoms with Crippen LogP contribution in [0.4, 0.5) is 26.3 Å². The second-order valence-electron chi connectivity index (χ2n) is 4.53. The molecule has 2 atom stereocenters. The van der Waals surface area contributed by atoms with Crippen LogP contribution in [0.15, 0.2) is 0 Å². The lowest BCUT2D eigenvalue weighted by molar-refractivity contribution is -0.276. The Bertz CT molecular complexity index is 532. The number of rotatable bonds is 6. The third-order valence-corrected chi connectivity index (χ3v) is 2.61. The molecule has 0 rings (SSSR count). The fourth-order valence-electron chi connectivity index (χ4n) is 1.27. The van der Waals surface area contributed by atoms with Crippen LogP contribution in [0.2, 0.25) is 0 Å². The van der Waals surface area contributed by atoms with Crippen molar-refractivity contribution in [3.63, 3.8) is 0 Å². The molecule has 0 saturated heterocycles. The summed E-state index contributed by atoms with van der Waals surface area (Å²) in [6.45, 7) is 0. The van der Waals surface area contributed by atoms with Gasteiger partial charge in [0.1, 0.15) is 0 Å². The van der Waals surface area contributed by atoms with Gasteiger partial charge < -0.3 is 25.2 Å². The molecule has 15 heteroatoms. The number of carbonyl (C=O) groups excluding carboxylic acids is 2. The monoisotopic (exact) mass is 386 g/mol. The standard InChI is InChI=1S/C10H8F6O9/c11-9(12,13)7(23,1-3(17)18)5(21)25-6(22)8(24,2-4(19)20)10(14,15)16/h23-24H,1-2H2,(H,17,18)(H,19,20). The van der Waals surface area contributed by atoms with Gasteiger partial charge >= 0.3 is 36.2 Å². The van der Waals surface area contributed by atoms with Crippen LogP contribution in [-0.4, -0.2) is 67.9 Å². The summed E-state index contributed by atoms with van der Waals surface area (Å²) in [5, 5.41) is 34.6. The lowest BCUT2D eigenvalue weighted by Crippen LogP contribution is -2.59. The van der Waals surface area contributed by atoms with Crippen LogP contribution in [0.5, 0.6) is 0 Å². The molecular weight excluding hydrogens is 378 g/mol. The predicted octanol–water partition coefficient (Wildman–Crippen LogP) is -0.408. The van der Waals surface area contributed by atoms with E-state index in [0.717, 1.165) is 0 Å². The number of aliphatic carboxylic acids is 2. The molecular formula is C10H8F6O9. The van der Waals surface area contributed by atoms with Gasteiger partial charge in [0.05, 0.1) is 12.8 Å². The molecule has 144 valence electrons. The molecule has 0 aromatic carbocycles. The highest BCUT2D eigenvalue weighted by atomic mass is 19.4. The highest BCUT2D eigenvalue weighted by molar-refractivity contribution is 5.97. The summed E-state index contributed by atoms with van der Waals surface area (Å²) in [5.41, 5.74) is -9.85. The largest absolute Gasteiger partial charge is 0.481 e. The number of ether oxygens (including phenoxy) is 1. The van der Waals surface area contributed by atoms with Crippen LogP contribution in [0, 0.1) is 0 Å². The first kappa shape index (κ1) is 22.6. The zero-order chi connectivity index (χ0) is 20.4. The fraction of sp³-hybridized carbons (Fsp3) is 0.600. The molecule has 0 aromatic rings. The van der Waals surface area contributed by atoms with Crippen LogP contribution >= 0.6 is 0 Å². The predicted molar refractivity (Wildman–Crippen MR) is 57.6 cm³/mol. The number of carbonyl (C=O) groups is 4. The number of alkyl halides is 6. The molecule has 0 heterocycles. The van der Waals surface area contributed by atoms with Crippen molar-refractivity contribution in [2.45, 2.75) is 36.4 Å². The smallest absolute Gasteiger partial charge is 0.428 e. The Morgan fingerprint density at radius 1 is 0.680 bits per heavy atom. The number of hydrogen-bond donors (Lipinski definition) is 4. The molecule has 0 spiro atoms. The highest BCUT2D eigenvalue weighted by Gasteiger charge is 2.66. The van der Waals surface area contributed by atoms with Gasteiger partial charge in [-0.05, 0) is 0 Å². The van der Waals surface area contributed by atoms with Crippen molar-refractivity contribution in [1.82, 2.24) is 0 Å². The first-order chi connectivity index (χ1) is 10.9. The Balaban J connectivity index is 5.79. The molecule has 0 bridgehead atoms. The van der Waals surface area contributed by atoms with Gasteiger partial charge in [0.25, 0.3) is 11.2 Å².